The SMILES string of the molecule is CCC[C@@H](C)N.Cl. The lowest BCUT2D eigenvalue weighted by atomic mass is 10.2. The summed E-state index contributed by atoms with van der Waals surface area (Å²) in [4.78, 5) is 0. The number of hydrogen-bond donors (Lipinski definition) is 1. The molecule has 0 saturated heterocycles. The molecule has 0 heterocycles. The van der Waals surface area contributed by atoms with Crippen molar-refractivity contribution in [2.24, 2.45) is 5.73 Å². The minimum atomic E-state index is 0. The van der Waals surface area contributed by atoms with Crippen LogP contribution in [0, 0.1) is 0 Å². The van der Waals surface area contributed by atoms with Crippen LogP contribution in [0.4, 0.5) is 0 Å². The Bertz CT molecular complexity index is 29.3. The minimum Gasteiger partial charge on any atom is -0.328 e. The van der Waals surface area contributed by atoms with E-state index in [1.807, 2.05) is 6.92 Å². The molecular weight excluding hydrogens is 110 g/mol. The fraction of sp³-hybridized carbons (Fsp3) is 1.00. The number of rotatable bonds is 2. The molecule has 0 aliphatic heterocycles. The fourth-order valence-corrected chi connectivity index (χ4v) is 0.455. The first-order valence-corrected chi connectivity index (χ1v) is 2.53. The van der Waals surface area contributed by atoms with Gasteiger partial charge in [0.2, 0.25) is 0 Å². The van der Waals surface area contributed by atoms with Gasteiger partial charge in [0.25, 0.3) is 0 Å². The summed E-state index contributed by atoms with van der Waals surface area (Å²) in [6, 6.07) is 0.398. The van der Waals surface area contributed by atoms with E-state index in [0.29, 0.717) is 6.04 Å². The predicted molar refractivity (Wildman–Crippen MR) is 35.8 cm³/mol. The maximum absolute atomic E-state index is 5.40. The Hall–Kier alpha value is 0.250. The van der Waals surface area contributed by atoms with Gasteiger partial charge in [-0.05, 0) is 13.3 Å². The standard InChI is InChI=1S/C5H13N.ClH/c1-3-4-5(2)6;/h5H,3-4,6H2,1-2H3;1H/t5-;/m1./s1. The third kappa shape index (κ3) is 10.7. The van der Waals surface area contributed by atoms with Crippen molar-refractivity contribution in [2.45, 2.75) is 32.7 Å². The Morgan fingerprint density at radius 1 is 1.57 bits per heavy atom. The molecule has 46 valence electrons. The molecule has 0 aliphatic carbocycles. The highest BCUT2D eigenvalue weighted by molar-refractivity contribution is 5.85. The van der Waals surface area contributed by atoms with Crippen LogP contribution >= 0.6 is 12.4 Å². The third-order valence-electron chi connectivity index (χ3n) is 0.744. The van der Waals surface area contributed by atoms with Gasteiger partial charge < -0.3 is 5.73 Å². The highest BCUT2D eigenvalue weighted by Gasteiger charge is 1.85. The molecule has 0 unspecified atom stereocenters. The summed E-state index contributed by atoms with van der Waals surface area (Å²) in [7, 11) is 0. The van der Waals surface area contributed by atoms with Gasteiger partial charge in [-0.1, -0.05) is 13.3 Å². The van der Waals surface area contributed by atoms with Crippen molar-refractivity contribution >= 4 is 12.4 Å². The summed E-state index contributed by atoms with van der Waals surface area (Å²) in [6.07, 6.45) is 2.36. The van der Waals surface area contributed by atoms with Gasteiger partial charge in [0.1, 0.15) is 0 Å². The quantitative estimate of drug-likeness (QED) is 0.593. The van der Waals surface area contributed by atoms with E-state index in [1.54, 1.807) is 0 Å². The van der Waals surface area contributed by atoms with Gasteiger partial charge in [-0.3, -0.25) is 0 Å². The van der Waals surface area contributed by atoms with Crippen molar-refractivity contribution in [3.05, 3.63) is 0 Å². The monoisotopic (exact) mass is 123 g/mol. The van der Waals surface area contributed by atoms with Gasteiger partial charge in [-0.15, -0.1) is 12.4 Å². The first-order chi connectivity index (χ1) is 2.77. The summed E-state index contributed by atoms with van der Waals surface area (Å²) in [6.45, 7) is 4.17. The van der Waals surface area contributed by atoms with E-state index < -0.39 is 0 Å². The molecule has 2 N–H and O–H groups in total. The average molecular weight is 124 g/mol. The molecule has 1 atom stereocenters. The second-order valence-corrected chi connectivity index (χ2v) is 1.77. The predicted octanol–water partition coefficient (Wildman–Crippen LogP) is 1.56. The molecule has 0 aliphatic rings. The second-order valence-electron chi connectivity index (χ2n) is 1.77. The Balaban J connectivity index is 0. The van der Waals surface area contributed by atoms with Crippen LogP contribution in [0.25, 0.3) is 0 Å². The molecule has 0 amide bonds. The summed E-state index contributed by atoms with van der Waals surface area (Å²) in [5, 5.41) is 0. The number of hydrogen-bond acceptors (Lipinski definition) is 1. The van der Waals surface area contributed by atoms with Crippen molar-refractivity contribution in [1.82, 2.24) is 0 Å². The molecule has 0 aromatic carbocycles. The van der Waals surface area contributed by atoms with E-state index in [0.717, 1.165) is 6.42 Å². The maximum atomic E-state index is 5.40. The molecular formula is C5H14ClN. The lowest BCUT2D eigenvalue weighted by Gasteiger charge is -1.96. The normalized spacial score (nSPS) is 12.4. The highest BCUT2D eigenvalue weighted by atomic mass is 35.5. The molecule has 0 rings (SSSR count). The van der Waals surface area contributed by atoms with E-state index in [1.165, 1.54) is 6.42 Å². The summed E-state index contributed by atoms with van der Waals surface area (Å²) in [5.74, 6) is 0. The van der Waals surface area contributed by atoms with Gasteiger partial charge in [-0.25, -0.2) is 0 Å². The van der Waals surface area contributed by atoms with Crippen molar-refractivity contribution in [3.63, 3.8) is 0 Å². The van der Waals surface area contributed by atoms with Crippen LogP contribution in [-0.2, 0) is 0 Å². The zero-order valence-corrected chi connectivity index (χ0v) is 5.79. The second kappa shape index (κ2) is 6.25. The lowest BCUT2D eigenvalue weighted by Crippen LogP contribution is -2.13. The molecule has 7 heavy (non-hydrogen) atoms. The Kier molecular flexibility index (Phi) is 9.17. The molecule has 0 saturated carbocycles. The first kappa shape index (κ1) is 10.3. The fourth-order valence-electron chi connectivity index (χ4n) is 0.455. The molecule has 0 radical (unpaired) electrons. The summed E-state index contributed by atoms with van der Waals surface area (Å²) < 4.78 is 0. The van der Waals surface area contributed by atoms with Gasteiger partial charge in [0.15, 0.2) is 0 Å². The topological polar surface area (TPSA) is 26.0 Å². The molecule has 0 fully saturated rings. The van der Waals surface area contributed by atoms with Crippen LogP contribution in [0.5, 0.6) is 0 Å². The van der Waals surface area contributed by atoms with E-state index in [-0.39, 0.29) is 12.4 Å². The zero-order valence-electron chi connectivity index (χ0n) is 4.98. The maximum Gasteiger partial charge on any atom is 0.00103 e. The van der Waals surface area contributed by atoms with Crippen LogP contribution in [0.1, 0.15) is 26.7 Å². The van der Waals surface area contributed by atoms with Crippen molar-refractivity contribution in [3.8, 4) is 0 Å². The first-order valence-electron chi connectivity index (χ1n) is 2.53. The van der Waals surface area contributed by atoms with Gasteiger partial charge in [0, 0.05) is 6.04 Å². The summed E-state index contributed by atoms with van der Waals surface area (Å²) in [5.41, 5.74) is 5.40. The molecule has 0 aromatic heterocycles. The largest absolute Gasteiger partial charge is 0.328 e. The zero-order chi connectivity index (χ0) is 4.99. The van der Waals surface area contributed by atoms with Gasteiger partial charge in [-0.2, -0.15) is 0 Å². The van der Waals surface area contributed by atoms with E-state index in [2.05, 4.69) is 6.92 Å². The van der Waals surface area contributed by atoms with Crippen LogP contribution < -0.4 is 5.73 Å². The molecule has 1 nitrogen and oxygen atoms in total. The van der Waals surface area contributed by atoms with E-state index >= 15 is 0 Å². The van der Waals surface area contributed by atoms with Crippen LogP contribution in [0.3, 0.4) is 0 Å². The molecule has 0 aromatic rings. The van der Waals surface area contributed by atoms with Crippen LogP contribution in [0.15, 0.2) is 0 Å². The highest BCUT2D eigenvalue weighted by Crippen LogP contribution is 1.88. The van der Waals surface area contributed by atoms with Crippen LogP contribution in [0.2, 0.25) is 0 Å². The minimum absolute atomic E-state index is 0. The Labute approximate surface area is 51.7 Å². The summed E-state index contributed by atoms with van der Waals surface area (Å²) >= 11 is 0. The van der Waals surface area contributed by atoms with Crippen LogP contribution in [-0.4, -0.2) is 6.04 Å². The van der Waals surface area contributed by atoms with Gasteiger partial charge in [0.05, 0.1) is 0 Å². The van der Waals surface area contributed by atoms with Crippen molar-refractivity contribution < 1.29 is 0 Å². The average Bonchev–Trinajstić information content (AvgIpc) is 1.35. The smallest absolute Gasteiger partial charge is 0.00103 e. The molecule has 0 spiro atoms. The Morgan fingerprint density at radius 2 is 2.00 bits per heavy atom. The van der Waals surface area contributed by atoms with E-state index in [9.17, 15) is 0 Å². The number of halogens is 1. The Morgan fingerprint density at radius 3 is 2.00 bits per heavy atom. The lowest BCUT2D eigenvalue weighted by molar-refractivity contribution is 0.653. The molecule has 2 heteroatoms. The number of nitrogens with two attached hydrogens (primary N) is 1. The van der Waals surface area contributed by atoms with E-state index in [4.69, 9.17) is 5.73 Å². The van der Waals surface area contributed by atoms with Crippen molar-refractivity contribution in [1.29, 1.82) is 0 Å². The van der Waals surface area contributed by atoms with Crippen molar-refractivity contribution in [2.75, 3.05) is 0 Å². The molecule has 0 bridgehead atoms. The third-order valence-corrected chi connectivity index (χ3v) is 0.744. The van der Waals surface area contributed by atoms with Gasteiger partial charge >= 0.3 is 0 Å².